The van der Waals surface area contributed by atoms with Gasteiger partial charge < -0.3 is 10.3 Å². The van der Waals surface area contributed by atoms with Gasteiger partial charge in [-0.3, -0.25) is 10.1 Å². The van der Waals surface area contributed by atoms with Crippen LogP contribution in [0.2, 0.25) is 0 Å². The molecule has 7 heteroatoms. The number of hydrogen-bond acceptors (Lipinski definition) is 5. The molecule has 0 fully saturated rings. The summed E-state index contributed by atoms with van der Waals surface area (Å²) in [6.45, 7) is 1.57. The highest BCUT2D eigenvalue weighted by Gasteiger charge is 2.16. The lowest BCUT2D eigenvalue weighted by molar-refractivity contribution is 0.691. The van der Waals surface area contributed by atoms with E-state index in [1.54, 1.807) is 11.3 Å². The standard InChI is InChI=1S/C31H24N6S/c1-2-5-20(6-3-1)15-32-16-21-13-24(18-33-17-21)22-9-10-27-26(14-22)30(37-36-27)31-34-28-8-4-7-25(29(28)35-31)23-11-12-38-19-23/h1-14,17-19,32H,15-16H2,(H,34,35)(H,36,37). The molecule has 3 aromatic carbocycles. The van der Waals surface area contributed by atoms with Crippen molar-refractivity contribution in [3.05, 3.63) is 113 Å². The second-order valence-corrected chi connectivity index (χ2v) is 10.1. The van der Waals surface area contributed by atoms with Crippen LogP contribution in [0.15, 0.2) is 102 Å². The molecular formula is C31H24N6S. The second-order valence-electron chi connectivity index (χ2n) is 9.30. The minimum atomic E-state index is 0.750. The van der Waals surface area contributed by atoms with Gasteiger partial charge >= 0.3 is 0 Å². The summed E-state index contributed by atoms with van der Waals surface area (Å²) in [5, 5.41) is 16.6. The summed E-state index contributed by atoms with van der Waals surface area (Å²) in [6.07, 6.45) is 3.83. The number of para-hydroxylation sites is 1. The van der Waals surface area contributed by atoms with E-state index in [2.05, 4.69) is 109 Å². The molecule has 0 saturated carbocycles. The molecule has 6 nitrogen and oxygen atoms in total. The van der Waals surface area contributed by atoms with Crippen molar-refractivity contribution >= 4 is 33.3 Å². The number of rotatable bonds is 7. The SMILES string of the molecule is c1ccc(CNCc2cncc(-c3ccc4[nH]nc(-c5nc6c(-c7ccsc7)cccc6[nH]5)c4c3)c2)cc1. The van der Waals surface area contributed by atoms with Crippen LogP contribution < -0.4 is 5.32 Å². The lowest BCUT2D eigenvalue weighted by Gasteiger charge is -2.07. The molecule has 38 heavy (non-hydrogen) atoms. The number of fused-ring (bicyclic) bond motifs is 2. The molecule has 7 aromatic rings. The van der Waals surface area contributed by atoms with E-state index in [1.165, 1.54) is 11.1 Å². The minimum absolute atomic E-state index is 0.750. The van der Waals surface area contributed by atoms with Gasteiger partial charge in [0.05, 0.1) is 16.6 Å². The zero-order chi connectivity index (χ0) is 25.3. The lowest BCUT2D eigenvalue weighted by Crippen LogP contribution is -2.12. The van der Waals surface area contributed by atoms with Gasteiger partial charge in [0.2, 0.25) is 0 Å². The van der Waals surface area contributed by atoms with Gasteiger partial charge in [-0.15, -0.1) is 0 Å². The van der Waals surface area contributed by atoms with E-state index in [4.69, 9.17) is 4.98 Å². The van der Waals surface area contributed by atoms with Crippen molar-refractivity contribution in [1.29, 1.82) is 0 Å². The molecule has 0 atom stereocenters. The third-order valence-corrected chi connectivity index (χ3v) is 7.44. The molecule has 3 N–H and O–H groups in total. The molecule has 0 spiro atoms. The Hall–Kier alpha value is -4.59. The number of imidazole rings is 1. The normalized spacial score (nSPS) is 11.5. The van der Waals surface area contributed by atoms with Crippen LogP contribution in [-0.2, 0) is 13.1 Å². The van der Waals surface area contributed by atoms with E-state index in [-0.39, 0.29) is 0 Å². The Kier molecular flexibility index (Phi) is 5.77. The summed E-state index contributed by atoms with van der Waals surface area (Å²) in [6, 6.07) is 27.3. The maximum absolute atomic E-state index is 4.98. The van der Waals surface area contributed by atoms with E-state index in [0.29, 0.717) is 0 Å². The Balaban J connectivity index is 1.20. The van der Waals surface area contributed by atoms with E-state index in [0.717, 1.165) is 68.8 Å². The van der Waals surface area contributed by atoms with Crippen molar-refractivity contribution in [1.82, 2.24) is 30.5 Å². The monoisotopic (exact) mass is 512 g/mol. The van der Waals surface area contributed by atoms with Gasteiger partial charge in [0.25, 0.3) is 0 Å². The summed E-state index contributed by atoms with van der Waals surface area (Å²) >= 11 is 1.69. The van der Waals surface area contributed by atoms with Crippen LogP contribution in [0.1, 0.15) is 11.1 Å². The number of H-pyrrole nitrogens is 2. The first-order valence-corrected chi connectivity index (χ1v) is 13.4. The number of nitrogens with zero attached hydrogens (tertiary/aromatic N) is 3. The molecule has 0 aliphatic heterocycles. The Bertz CT molecular complexity index is 1850. The molecule has 4 heterocycles. The van der Waals surface area contributed by atoms with Crippen LogP contribution in [0.25, 0.3) is 55.7 Å². The van der Waals surface area contributed by atoms with Gasteiger partial charge in [0, 0.05) is 42.0 Å². The quantitative estimate of drug-likeness (QED) is 0.211. The molecule has 7 rings (SSSR count). The maximum Gasteiger partial charge on any atom is 0.159 e. The fraction of sp³-hybridized carbons (Fsp3) is 0.0645. The zero-order valence-corrected chi connectivity index (χ0v) is 21.3. The van der Waals surface area contributed by atoms with Crippen molar-refractivity contribution in [3.63, 3.8) is 0 Å². The Morgan fingerprint density at radius 2 is 1.68 bits per heavy atom. The molecule has 0 aliphatic rings. The summed E-state index contributed by atoms with van der Waals surface area (Å²) in [4.78, 5) is 13.0. The van der Waals surface area contributed by atoms with E-state index >= 15 is 0 Å². The van der Waals surface area contributed by atoms with Gasteiger partial charge in [-0.1, -0.05) is 48.5 Å². The van der Waals surface area contributed by atoms with Crippen molar-refractivity contribution in [3.8, 4) is 33.8 Å². The van der Waals surface area contributed by atoms with E-state index < -0.39 is 0 Å². The van der Waals surface area contributed by atoms with Crippen LogP contribution in [0.3, 0.4) is 0 Å². The zero-order valence-electron chi connectivity index (χ0n) is 20.5. The Morgan fingerprint density at radius 1 is 0.763 bits per heavy atom. The summed E-state index contributed by atoms with van der Waals surface area (Å²) in [5.41, 5.74) is 10.6. The molecular weight excluding hydrogens is 488 g/mol. The fourth-order valence-electron chi connectivity index (χ4n) is 4.86. The lowest BCUT2D eigenvalue weighted by atomic mass is 10.0. The van der Waals surface area contributed by atoms with Gasteiger partial charge in [-0.25, -0.2) is 4.98 Å². The fourth-order valence-corrected chi connectivity index (χ4v) is 5.51. The summed E-state index contributed by atoms with van der Waals surface area (Å²) in [7, 11) is 0. The third kappa shape index (κ3) is 4.28. The molecule has 184 valence electrons. The summed E-state index contributed by atoms with van der Waals surface area (Å²) in [5.74, 6) is 0.753. The molecule has 0 amide bonds. The number of pyridine rings is 1. The van der Waals surface area contributed by atoms with Crippen LogP contribution in [-0.4, -0.2) is 25.1 Å². The first kappa shape index (κ1) is 22.6. The van der Waals surface area contributed by atoms with Crippen molar-refractivity contribution in [2.24, 2.45) is 0 Å². The predicted octanol–water partition coefficient (Wildman–Crippen LogP) is 7.19. The second kappa shape index (κ2) is 9.70. The minimum Gasteiger partial charge on any atom is -0.337 e. The molecule has 0 aliphatic carbocycles. The molecule has 0 unspecified atom stereocenters. The van der Waals surface area contributed by atoms with Crippen molar-refractivity contribution in [2.75, 3.05) is 0 Å². The van der Waals surface area contributed by atoms with Crippen LogP contribution >= 0.6 is 11.3 Å². The highest BCUT2D eigenvalue weighted by molar-refractivity contribution is 7.08. The predicted molar refractivity (Wildman–Crippen MR) is 155 cm³/mol. The van der Waals surface area contributed by atoms with Crippen molar-refractivity contribution in [2.45, 2.75) is 13.1 Å². The topological polar surface area (TPSA) is 82.3 Å². The number of benzene rings is 3. The molecule has 0 radical (unpaired) electrons. The van der Waals surface area contributed by atoms with Gasteiger partial charge in [0.15, 0.2) is 5.82 Å². The summed E-state index contributed by atoms with van der Waals surface area (Å²) < 4.78 is 0. The first-order valence-electron chi connectivity index (χ1n) is 12.5. The molecule has 4 aromatic heterocycles. The Morgan fingerprint density at radius 3 is 2.58 bits per heavy atom. The third-order valence-electron chi connectivity index (χ3n) is 6.76. The first-order chi connectivity index (χ1) is 18.8. The Labute approximate surface area is 223 Å². The number of nitrogens with one attached hydrogen (secondary N) is 3. The molecule has 0 saturated heterocycles. The maximum atomic E-state index is 4.98. The largest absolute Gasteiger partial charge is 0.337 e. The van der Waals surface area contributed by atoms with Gasteiger partial charge in [0.1, 0.15) is 5.69 Å². The van der Waals surface area contributed by atoms with Crippen LogP contribution in [0.5, 0.6) is 0 Å². The smallest absolute Gasteiger partial charge is 0.159 e. The van der Waals surface area contributed by atoms with Gasteiger partial charge in [-0.05, 0) is 63.3 Å². The highest BCUT2D eigenvalue weighted by atomic mass is 32.1. The average Bonchev–Trinajstić information content (AvgIpc) is 3.73. The number of aromatic amines is 2. The van der Waals surface area contributed by atoms with Crippen LogP contribution in [0, 0.1) is 0 Å². The van der Waals surface area contributed by atoms with Gasteiger partial charge in [-0.2, -0.15) is 16.4 Å². The highest BCUT2D eigenvalue weighted by Crippen LogP contribution is 2.33. The average molecular weight is 513 g/mol. The van der Waals surface area contributed by atoms with Crippen LogP contribution in [0.4, 0.5) is 0 Å². The number of hydrogen-bond donors (Lipinski definition) is 3. The number of thiophene rings is 1. The molecule has 0 bridgehead atoms. The van der Waals surface area contributed by atoms with Crippen molar-refractivity contribution < 1.29 is 0 Å². The van der Waals surface area contributed by atoms with E-state index in [9.17, 15) is 0 Å². The number of aromatic nitrogens is 5. The van der Waals surface area contributed by atoms with E-state index in [1.807, 2.05) is 18.5 Å².